The molecule has 1 aromatic rings. The lowest BCUT2D eigenvalue weighted by Gasteiger charge is -2.09. The molecular weight excluding hydrogens is 236 g/mol. The van der Waals surface area contributed by atoms with E-state index in [9.17, 15) is 4.21 Å². The van der Waals surface area contributed by atoms with Gasteiger partial charge in [-0.1, -0.05) is 13.0 Å². The highest BCUT2D eigenvalue weighted by Crippen LogP contribution is 2.06. The van der Waals surface area contributed by atoms with Crippen molar-refractivity contribution < 1.29 is 8.95 Å². The summed E-state index contributed by atoms with van der Waals surface area (Å²) in [6, 6.07) is 5.70. The van der Waals surface area contributed by atoms with Gasteiger partial charge in [0.05, 0.1) is 12.8 Å². The number of pyridine rings is 1. The van der Waals surface area contributed by atoms with Crippen molar-refractivity contribution in [2.45, 2.75) is 25.1 Å². The van der Waals surface area contributed by atoms with Gasteiger partial charge in [-0.2, -0.15) is 0 Å². The van der Waals surface area contributed by atoms with Gasteiger partial charge in [0.15, 0.2) is 0 Å². The van der Waals surface area contributed by atoms with Gasteiger partial charge in [0.1, 0.15) is 0 Å². The van der Waals surface area contributed by atoms with Gasteiger partial charge in [0.2, 0.25) is 5.88 Å². The van der Waals surface area contributed by atoms with Crippen LogP contribution < -0.4 is 10.1 Å². The van der Waals surface area contributed by atoms with Crippen LogP contribution in [0.1, 0.15) is 19.0 Å². The van der Waals surface area contributed by atoms with E-state index < -0.39 is 10.8 Å². The van der Waals surface area contributed by atoms with Gasteiger partial charge in [-0.15, -0.1) is 0 Å². The minimum Gasteiger partial charge on any atom is -0.481 e. The molecule has 0 fully saturated rings. The topological polar surface area (TPSA) is 51.2 Å². The summed E-state index contributed by atoms with van der Waals surface area (Å²) in [5.41, 5.74) is 0.953. The Morgan fingerprint density at radius 2 is 2.29 bits per heavy atom. The summed E-state index contributed by atoms with van der Waals surface area (Å²) in [5, 5.41) is 3.52. The van der Waals surface area contributed by atoms with E-state index in [0.717, 1.165) is 18.7 Å². The van der Waals surface area contributed by atoms with Gasteiger partial charge in [-0.3, -0.25) is 4.21 Å². The minimum absolute atomic E-state index is 0.237. The van der Waals surface area contributed by atoms with Crippen LogP contribution in [0.4, 0.5) is 0 Å². The average Bonchev–Trinajstić information content (AvgIpc) is 2.34. The van der Waals surface area contributed by atoms with E-state index in [-0.39, 0.29) is 5.25 Å². The number of nitrogens with one attached hydrogen (secondary N) is 1. The maximum atomic E-state index is 11.1. The van der Waals surface area contributed by atoms with Crippen LogP contribution in [0.2, 0.25) is 0 Å². The Hall–Kier alpha value is -0.940. The fourth-order valence-electron chi connectivity index (χ4n) is 1.36. The first-order valence-electron chi connectivity index (χ1n) is 5.66. The molecule has 1 rings (SSSR count). The number of hydrogen-bond acceptors (Lipinski definition) is 4. The second-order valence-corrected chi connectivity index (χ2v) is 5.75. The normalized spacial score (nSPS) is 14.3. The van der Waals surface area contributed by atoms with Crippen molar-refractivity contribution in [1.29, 1.82) is 0 Å². The van der Waals surface area contributed by atoms with E-state index in [1.165, 1.54) is 0 Å². The van der Waals surface area contributed by atoms with Crippen LogP contribution in [-0.4, -0.2) is 34.4 Å². The third-order valence-electron chi connectivity index (χ3n) is 2.59. The smallest absolute Gasteiger partial charge is 0.213 e. The van der Waals surface area contributed by atoms with E-state index in [4.69, 9.17) is 4.74 Å². The van der Waals surface area contributed by atoms with Crippen LogP contribution in [0.25, 0.3) is 0 Å². The first-order valence-corrected chi connectivity index (χ1v) is 7.28. The lowest BCUT2D eigenvalue weighted by molar-refractivity contribution is 0.395. The molecule has 1 N–H and O–H groups in total. The number of aromatic nitrogens is 1. The van der Waals surface area contributed by atoms with Gasteiger partial charge < -0.3 is 10.1 Å². The monoisotopic (exact) mass is 256 g/mol. The molecule has 0 spiro atoms. The molecule has 5 heteroatoms. The minimum atomic E-state index is -0.739. The van der Waals surface area contributed by atoms with E-state index in [1.807, 2.05) is 25.1 Å². The molecule has 0 aliphatic carbocycles. The Labute approximate surface area is 105 Å². The Balaban J connectivity index is 2.28. The van der Waals surface area contributed by atoms with Gasteiger partial charge in [0.25, 0.3) is 0 Å². The fraction of sp³-hybridized carbons (Fsp3) is 0.583. The summed E-state index contributed by atoms with van der Waals surface area (Å²) < 4.78 is 16.2. The van der Waals surface area contributed by atoms with Crippen LogP contribution in [-0.2, 0) is 17.3 Å². The van der Waals surface area contributed by atoms with Crippen molar-refractivity contribution in [2.24, 2.45) is 0 Å². The summed E-state index contributed by atoms with van der Waals surface area (Å²) in [6.07, 6.45) is 2.65. The fourth-order valence-corrected chi connectivity index (χ4v) is 1.81. The number of rotatable bonds is 7. The Morgan fingerprint density at radius 3 is 2.94 bits per heavy atom. The second kappa shape index (κ2) is 7.40. The first-order chi connectivity index (χ1) is 8.13. The molecule has 0 bridgehead atoms. The molecule has 2 unspecified atom stereocenters. The summed E-state index contributed by atoms with van der Waals surface area (Å²) in [5.74, 6) is 0.632. The van der Waals surface area contributed by atoms with E-state index in [0.29, 0.717) is 12.4 Å². The van der Waals surface area contributed by atoms with Crippen molar-refractivity contribution >= 4 is 10.8 Å². The van der Waals surface area contributed by atoms with Crippen molar-refractivity contribution in [2.75, 3.05) is 19.9 Å². The molecule has 96 valence electrons. The van der Waals surface area contributed by atoms with Gasteiger partial charge >= 0.3 is 0 Å². The van der Waals surface area contributed by atoms with E-state index in [2.05, 4.69) is 10.3 Å². The molecule has 1 heterocycles. The molecule has 0 amide bonds. The molecule has 2 atom stereocenters. The van der Waals surface area contributed by atoms with Gasteiger partial charge in [-0.05, 0) is 19.0 Å². The molecule has 0 saturated heterocycles. The molecule has 0 saturated carbocycles. The van der Waals surface area contributed by atoms with E-state index in [1.54, 1.807) is 13.4 Å². The predicted octanol–water partition coefficient (Wildman–Crippen LogP) is 1.34. The largest absolute Gasteiger partial charge is 0.481 e. The quantitative estimate of drug-likeness (QED) is 0.748. The molecule has 1 aromatic heterocycles. The number of ether oxygens (including phenoxy) is 1. The lowest BCUT2D eigenvalue weighted by Crippen LogP contribution is -2.21. The van der Waals surface area contributed by atoms with Crippen LogP contribution in [0.3, 0.4) is 0 Å². The summed E-state index contributed by atoms with van der Waals surface area (Å²) in [7, 11) is 0.870. The Kier molecular flexibility index (Phi) is 6.15. The maximum absolute atomic E-state index is 11.1. The predicted molar refractivity (Wildman–Crippen MR) is 70.6 cm³/mol. The molecule has 0 aliphatic heterocycles. The number of methoxy groups -OCH3 is 1. The molecule has 0 aliphatic rings. The molecule has 0 radical (unpaired) electrons. The van der Waals surface area contributed by atoms with Crippen molar-refractivity contribution in [3.05, 3.63) is 23.9 Å². The molecule has 0 aromatic carbocycles. The average molecular weight is 256 g/mol. The number of hydrogen-bond donors (Lipinski definition) is 1. The van der Waals surface area contributed by atoms with Gasteiger partial charge in [-0.25, -0.2) is 4.98 Å². The summed E-state index contributed by atoms with van der Waals surface area (Å²) in [6.45, 7) is 3.56. The Bertz CT molecular complexity index is 371. The number of nitrogens with zero attached hydrogens (tertiary/aromatic N) is 1. The van der Waals surface area contributed by atoms with Crippen LogP contribution in [0.15, 0.2) is 18.2 Å². The molecule has 4 nitrogen and oxygen atoms in total. The van der Waals surface area contributed by atoms with Crippen LogP contribution in [0, 0.1) is 0 Å². The molecular formula is C12H20N2O2S. The third kappa shape index (κ3) is 5.28. The van der Waals surface area contributed by atoms with Crippen molar-refractivity contribution in [3.8, 4) is 5.88 Å². The first kappa shape index (κ1) is 14.1. The zero-order valence-electron chi connectivity index (χ0n) is 10.6. The lowest BCUT2D eigenvalue weighted by atomic mass is 10.3. The van der Waals surface area contributed by atoms with Gasteiger partial charge in [0, 0.05) is 34.9 Å². The highest BCUT2D eigenvalue weighted by molar-refractivity contribution is 7.84. The standard InChI is InChI=1S/C12H20N2O2S/c1-10(17(3)15)7-8-13-9-11-5-4-6-12(14-11)16-2/h4-6,10,13H,7-9H2,1-3H3. The van der Waals surface area contributed by atoms with E-state index >= 15 is 0 Å². The van der Waals surface area contributed by atoms with Crippen LogP contribution >= 0.6 is 0 Å². The maximum Gasteiger partial charge on any atom is 0.213 e. The highest BCUT2D eigenvalue weighted by atomic mass is 32.2. The zero-order chi connectivity index (χ0) is 12.7. The third-order valence-corrected chi connectivity index (χ3v) is 3.96. The highest BCUT2D eigenvalue weighted by Gasteiger charge is 2.05. The Morgan fingerprint density at radius 1 is 1.53 bits per heavy atom. The zero-order valence-corrected chi connectivity index (χ0v) is 11.4. The van der Waals surface area contributed by atoms with Crippen molar-refractivity contribution in [1.82, 2.24) is 10.3 Å². The van der Waals surface area contributed by atoms with Crippen LogP contribution in [0.5, 0.6) is 5.88 Å². The SMILES string of the molecule is COc1cccc(CNCCC(C)S(C)=O)n1. The molecule has 17 heavy (non-hydrogen) atoms. The summed E-state index contributed by atoms with van der Waals surface area (Å²) in [4.78, 5) is 4.30. The summed E-state index contributed by atoms with van der Waals surface area (Å²) >= 11 is 0. The second-order valence-electron chi connectivity index (χ2n) is 3.95. The van der Waals surface area contributed by atoms with Crippen molar-refractivity contribution in [3.63, 3.8) is 0 Å².